The van der Waals surface area contributed by atoms with Crippen LogP contribution in [0.5, 0.6) is 5.75 Å². The lowest BCUT2D eigenvalue weighted by atomic mass is 9.98. The zero-order chi connectivity index (χ0) is 24.6. The Morgan fingerprint density at radius 1 is 0.971 bits per heavy atom. The summed E-state index contributed by atoms with van der Waals surface area (Å²) in [5.74, 6) is 1.31. The van der Waals surface area contributed by atoms with Crippen molar-refractivity contribution in [2.45, 2.75) is 58.8 Å². The zero-order valence-corrected chi connectivity index (χ0v) is 21.2. The van der Waals surface area contributed by atoms with Crippen molar-refractivity contribution in [1.82, 2.24) is 4.90 Å². The summed E-state index contributed by atoms with van der Waals surface area (Å²) >= 11 is 0. The lowest BCUT2D eigenvalue weighted by molar-refractivity contribution is 0.0697. The maximum absolute atomic E-state index is 13.6. The second-order valence-corrected chi connectivity index (χ2v) is 9.93. The van der Waals surface area contributed by atoms with Crippen LogP contribution in [-0.4, -0.2) is 49.5 Å². The molecule has 0 radical (unpaired) electrons. The van der Waals surface area contributed by atoms with E-state index >= 15 is 0 Å². The van der Waals surface area contributed by atoms with Gasteiger partial charge >= 0.3 is 0 Å². The van der Waals surface area contributed by atoms with Gasteiger partial charge in [-0.3, -0.25) is 9.59 Å². The third-order valence-corrected chi connectivity index (χ3v) is 7.14. The van der Waals surface area contributed by atoms with E-state index in [2.05, 4.69) is 24.1 Å². The summed E-state index contributed by atoms with van der Waals surface area (Å²) in [6, 6.07) is 13.0. The first-order valence-corrected chi connectivity index (χ1v) is 13.3. The van der Waals surface area contributed by atoms with Crippen LogP contribution >= 0.6 is 0 Å². The Kier molecular flexibility index (Phi) is 8.67. The number of likely N-dealkylation sites (tertiary alicyclic amines) is 1. The lowest BCUT2D eigenvalue weighted by Gasteiger charge is -2.34. The topological polar surface area (TPSA) is 61.9 Å². The minimum atomic E-state index is -0.193. The molecule has 35 heavy (non-hydrogen) atoms. The van der Waals surface area contributed by atoms with E-state index in [1.807, 2.05) is 35.2 Å². The first-order valence-electron chi connectivity index (χ1n) is 13.3. The van der Waals surface area contributed by atoms with Gasteiger partial charge in [-0.2, -0.15) is 0 Å². The fourth-order valence-corrected chi connectivity index (χ4v) is 4.82. The zero-order valence-electron chi connectivity index (χ0n) is 21.2. The summed E-state index contributed by atoms with van der Waals surface area (Å²) < 4.78 is 5.70. The molecule has 2 aromatic rings. The van der Waals surface area contributed by atoms with Gasteiger partial charge in [0.15, 0.2) is 0 Å². The molecule has 4 rings (SSSR count). The summed E-state index contributed by atoms with van der Waals surface area (Å²) in [4.78, 5) is 30.8. The van der Waals surface area contributed by atoms with Crippen LogP contribution in [0.4, 0.5) is 11.4 Å². The molecule has 2 amide bonds. The van der Waals surface area contributed by atoms with Gasteiger partial charge in [0.25, 0.3) is 11.8 Å². The fraction of sp³-hybridized carbons (Fsp3) is 0.517. The molecule has 0 aromatic heterocycles. The Bertz CT molecular complexity index is 991. The minimum absolute atomic E-state index is 0.0714. The summed E-state index contributed by atoms with van der Waals surface area (Å²) in [5.41, 5.74) is 2.89. The number of nitrogens with zero attached hydrogens (tertiary/aromatic N) is 2. The number of rotatable bonds is 8. The molecule has 0 aliphatic carbocycles. The largest absolute Gasteiger partial charge is 0.494 e. The number of carbonyl (C=O) groups excluding carboxylic acids is 2. The number of piperidine rings is 2. The molecule has 188 valence electrons. The van der Waals surface area contributed by atoms with Crippen LogP contribution < -0.4 is 15.0 Å². The molecule has 0 saturated carbocycles. The van der Waals surface area contributed by atoms with E-state index in [1.165, 1.54) is 6.42 Å². The summed E-state index contributed by atoms with van der Waals surface area (Å²) in [5, 5.41) is 3.00. The van der Waals surface area contributed by atoms with Crippen molar-refractivity contribution in [3.63, 3.8) is 0 Å². The Morgan fingerprint density at radius 3 is 2.37 bits per heavy atom. The molecule has 2 heterocycles. The normalized spacial score (nSPS) is 16.7. The van der Waals surface area contributed by atoms with E-state index in [-0.39, 0.29) is 11.8 Å². The van der Waals surface area contributed by atoms with Crippen molar-refractivity contribution in [3.8, 4) is 5.75 Å². The smallest absolute Gasteiger partial charge is 0.256 e. The van der Waals surface area contributed by atoms with E-state index < -0.39 is 0 Å². The molecule has 1 N–H and O–H groups in total. The second kappa shape index (κ2) is 12.1. The highest BCUT2D eigenvalue weighted by Gasteiger charge is 2.26. The van der Waals surface area contributed by atoms with Gasteiger partial charge in [0, 0.05) is 43.1 Å². The first-order chi connectivity index (χ1) is 17.0. The monoisotopic (exact) mass is 477 g/mol. The maximum atomic E-state index is 13.6. The SMILES string of the molecule is CCCCOc1ccc(C(=O)Nc2ccc(N3CCCCC3)c(C(=O)N3CCC(C)CC3)c2)cc1. The Labute approximate surface area is 209 Å². The molecule has 6 nitrogen and oxygen atoms in total. The van der Waals surface area contributed by atoms with Gasteiger partial charge in [0.2, 0.25) is 0 Å². The van der Waals surface area contributed by atoms with E-state index in [4.69, 9.17) is 4.74 Å². The van der Waals surface area contributed by atoms with Crippen molar-refractivity contribution >= 4 is 23.2 Å². The average Bonchev–Trinajstić information content (AvgIpc) is 2.90. The number of ether oxygens (including phenoxy) is 1. The molecule has 2 saturated heterocycles. The molecule has 2 aliphatic rings. The molecule has 0 spiro atoms. The van der Waals surface area contributed by atoms with E-state index in [0.29, 0.717) is 29.3 Å². The third-order valence-electron chi connectivity index (χ3n) is 7.14. The number of amides is 2. The van der Waals surface area contributed by atoms with Gasteiger partial charge in [0.05, 0.1) is 12.2 Å². The predicted molar refractivity (Wildman–Crippen MR) is 142 cm³/mol. The molecule has 0 unspecified atom stereocenters. The molecule has 2 aliphatic heterocycles. The van der Waals surface area contributed by atoms with E-state index in [9.17, 15) is 9.59 Å². The van der Waals surface area contributed by atoms with Crippen LogP contribution in [0.3, 0.4) is 0 Å². The first kappa shape index (κ1) is 25.1. The van der Waals surface area contributed by atoms with Crippen molar-refractivity contribution < 1.29 is 14.3 Å². The number of hydrogen-bond donors (Lipinski definition) is 1. The third kappa shape index (κ3) is 6.56. The van der Waals surface area contributed by atoms with Gasteiger partial charge in [0.1, 0.15) is 5.75 Å². The quantitative estimate of drug-likeness (QED) is 0.475. The lowest BCUT2D eigenvalue weighted by Crippen LogP contribution is -2.39. The molecule has 0 bridgehead atoms. The summed E-state index contributed by atoms with van der Waals surface area (Å²) in [7, 11) is 0. The Hall–Kier alpha value is -3.02. The number of carbonyl (C=O) groups is 2. The van der Waals surface area contributed by atoms with Gasteiger partial charge in [-0.05, 0) is 86.9 Å². The molecule has 2 fully saturated rings. The number of benzene rings is 2. The molecule has 2 aromatic carbocycles. The van der Waals surface area contributed by atoms with Gasteiger partial charge < -0.3 is 19.9 Å². The number of nitrogens with one attached hydrogen (secondary N) is 1. The Morgan fingerprint density at radius 2 is 1.69 bits per heavy atom. The summed E-state index contributed by atoms with van der Waals surface area (Å²) in [6.07, 6.45) is 7.70. The fourth-order valence-electron chi connectivity index (χ4n) is 4.82. The highest BCUT2D eigenvalue weighted by molar-refractivity contribution is 6.06. The molecular weight excluding hydrogens is 438 g/mol. The van der Waals surface area contributed by atoms with Gasteiger partial charge in [-0.25, -0.2) is 0 Å². The van der Waals surface area contributed by atoms with Gasteiger partial charge in [-0.15, -0.1) is 0 Å². The average molecular weight is 478 g/mol. The molecular formula is C29H39N3O3. The van der Waals surface area contributed by atoms with E-state index in [0.717, 1.165) is 76.1 Å². The van der Waals surface area contributed by atoms with Crippen LogP contribution in [0.2, 0.25) is 0 Å². The van der Waals surface area contributed by atoms with Crippen molar-refractivity contribution in [2.75, 3.05) is 43.0 Å². The standard InChI is InChI=1S/C29H39N3O3/c1-3-4-20-35-25-11-8-23(9-12-25)28(33)30-24-10-13-27(31-16-6-5-7-17-31)26(21-24)29(34)32-18-14-22(2)15-19-32/h8-13,21-22H,3-7,14-20H2,1-2H3,(H,30,33). The van der Waals surface area contributed by atoms with Crippen molar-refractivity contribution in [1.29, 1.82) is 0 Å². The highest BCUT2D eigenvalue weighted by atomic mass is 16.5. The van der Waals surface area contributed by atoms with E-state index in [1.54, 1.807) is 12.1 Å². The van der Waals surface area contributed by atoms with Gasteiger partial charge in [-0.1, -0.05) is 20.3 Å². The Balaban J connectivity index is 1.51. The van der Waals surface area contributed by atoms with Crippen LogP contribution in [0.15, 0.2) is 42.5 Å². The van der Waals surface area contributed by atoms with Crippen LogP contribution in [0.25, 0.3) is 0 Å². The predicted octanol–water partition coefficient (Wildman–Crippen LogP) is 5.98. The summed E-state index contributed by atoms with van der Waals surface area (Å²) in [6.45, 7) is 8.58. The number of hydrogen-bond acceptors (Lipinski definition) is 4. The molecule has 6 heteroatoms. The maximum Gasteiger partial charge on any atom is 0.256 e. The van der Waals surface area contributed by atoms with Crippen molar-refractivity contribution in [3.05, 3.63) is 53.6 Å². The minimum Gasteiger partial charge on any atom is -0.494 e. The van der Waals surface area contributed by atoms with Crippen LogP contribution in [0.1, 0.15) is 79.5 Å². The van der Waals surface area contributed by atoms with Crippen LogP contribution in [0, 0.1) is 5.92 Å². The van der Waals surface area contributed by atoms with Crippen LogP contribution in [-0.2, 0) is 0 Å². The van der Waals surface area contributed by atoms with Crippen molar-refractivity contribution in [2.24, 2.45) is 5.92 Å². The molecule has 0 atom stereocenters. The second-order valence-electron chi connectivity index (χ2n) is 9.93. The number of unbranched alkanes of at least 4 members (excludes halogenated alkanes) is 1. The highest BCUT2D eigenvalue weighted by Crippen LogP contribution is 2.30. The number of anilines is 2.